The van der Waals surface area contributed by atoms with Crippen LogP contribution in [-0.2, 0) is 14.3 Å². The summed E-state index contributed by atoms with van der Waals surface area (Å²) in [5.74, 6) is -0.819. The molecule has 0 aromatic heterocycles. The van der Waals surface area contributed by atoms with E-state index in [9.17, 15) is 4.79 Å². The molecule has 5 heteroatoms. The predicted molar refractivity (Wildman–Crippen MR) is 57.0 cm³/mol. The third-order valence-electron chi connectivity index (χ3n) is 2.27. The lowest BCUT2D eigenvalue weighted by Crippen LogP contribution is -2.43. The molecule has 0 aromatic carbocycles. The molecule has 0 aromatic rings. The minimum atomic E-state index is -0.819. The van der Waals surface area contributed by atoms with Crippen LogP contribution in [0.1, 0.15) is 13.3 Å². The molecule has 15 heavy (non-hydrogen) atoms. The molecule has 0 radical (unpaired) electrons. The molecule has 1 N–H and O–H groups in total. The van der Waals surface area contributed by atoms with E-state index >= 15 is 0 Å². The monoisotopic (exact) mass is 219 g/mol. The van der Waals surface area contributed by atoms with Gasteiger partial charge in [-0.2, -0.15) is 0 Å². The van der Waals surface area contributed by atoms with Crippen molar-refractivity contribution in [1.82, 2.24) is 4.90 Å². The van der Waals surface area contributed by atoms with Gasteiger partial charge in [0.15, 0.2) is 0 Å². The van der Waals surface area contributed by atoms with Crippen molar-refractivity contribution in [2.75, 3.05) is 40.5 Å². The molecule has 0 fully saturated rings. The standard InChI is InChI=1S/C10H21NO4/c1-4-9(8-15-3)11(5-6-14-2)7-10(12)13/h9H,4-8H2,1-3H3,(H,12,13). The molecule has 0 spiro atoms. The molecule has 0 rings (SSSR count). The summed E-state index contributed by atoms with van der Waals surface area (Å²) in [4.78, 5) is 12.5. The number of hydrogen-bond donors (Lipinski definition) is 1. The second-order valence-corrected chi connectivity index (χ2v) is 3.37. The molecule has 0 saturated carbocycles. The Balaban J connectivity index is 4.21. The number of ether oxygens (including phenoxy) is 2. The highest BCUT2D eigenvalue weighted by Gasteiger charge is 2.18. The van der Waals surface area contributed by atoms with Gasteiger partial charge in [0.25, 0.3) is 0 Å². The Morgan fingerprint density at radius 2 is 2.07 bits per heavy atom. The molecule has 0 saturated heterocycles. The molecule has 0 aliphatic heterocycles. The number of rotatable bonds is 9. The first-order valence-electron chi connectivity index (χ1n) is 5.09. The number of hydrogen-bond acceptors (Lipinski definition) is 4. The van der Waals surface area contributed by atoms with E-state index in [-0.39, 0.29) is 12.6 Å². The normalized spacial score (nSPS) is 13.1. The van der Waals surface area contributed by atoms with Crippen LogP contribution >= 0.6 is 0 Å². The third-order valence-corrected chi connectivity index (χ3v) is 2.27. The maximum absolute atomic E-state index is 10.7. The van der Waals surface area contributed by atoms with Gasteiger partial charge in [0, 0.05) is 26.8 Å². The van der Waals surface area contributed by atoms with Crippen LogP contribution in [0.2, 0.25) is 0 Å². The molecule has 0 aliphatic carbocycles. The first-order chi connectivity index (χ1) is 7.15. The molecule has 1 atom stereocenters. The second kappa shape index (κ2) is 8.64. The third kappa shape index (κ3) is 6.43. The smallest absolute Gasteiger partial charge is 0.317 e. The minimum Gasteiger partial charge on any atom is -0.480 e. The van der Waals surface area contributed by atoms with Crippen molar-refractivity contribution in [3.8, 4) is 0 Å². The highest BCUT2D eigenvalue weighted by Crippen LogP contribution is 2.04. The lowest BCUT2D eigenvalue weighted by atomic mass is 10.2. The molecule has 1 unspecified atom stereocenters. The Kier molecular flexibility index (Phi) is 8.27. The molecule has 0 amide bonds. The molecular weight excluding hydrogens is 198 g/mol. The first-order valence-corrected chi connectivity index (χ1v) is 5.09. The van der Waals surface area contributed by atoms with Crippen molar-refractivity contribution in [3.63, 3.8) is 0 Å². The van der Waals surface area contributed by atoms with Crippen LogP contribution in [0.15, 0.2) is 0 Å². The van der Waals surface area contributed by atoms with Crippen LogP contribution in [-0.4, -0.2) is 62.5 Å². The van der Waals surface area contributed by atoms with Crippen molar-refractivity contribution in [1.29, 1.82) is 0 Å². The number of nitrogens with zero attached hydrogens (tertiary/aromatic N) is 1. The fourth-order valence-corrected chi connectivity index (χ4v) is 1.45. The molecule has 0 bridgehead atoms. The zero-order chi connectivity index (χ0) is 11.7. The van der Waals surface area contributed by atoms with Crippen LogP contribution in [0.4, 0.5) is 0 Å². The quantitative estimate of drug-likeness (QED) is 0.610. The largest absolute Gasteiger partial charge is 0.480 e. The van der Waals surface area contributed by atoms with Crippen molar-refractivity contribution in [3.05, 3.63) is 0 Å². The summed E-state index contributed by atoms with van der Waals surface area (Å²) in [6.45, 7) is 3.75. The summed E-state index contributed by atoms with van der Waals surface area (Å²) in [5.41, 5.74) is 0. The summed E-state index contributed by atoms with van der Waals surface area (Å²) >= 11 is 0. The fraction of sp³-hybridized carbons (Fsp3) is 0.900. The fourth-order valence-electron chi connectivity index (χ4n) is 1.45. The number of carbonyl (C=O) groups is 1. The van der Waals surface area contributed by atoms with E-state index < -0.39 is 5.97 Å². The van der Waals surface area contributed by atoms with Gasteiger partial charge < -0.3 is 14.6 Å². The van der Waals surface area contributed by atoms with Gasteiger partial charge in [-0.3, -0.25) is 9.69 Å². The zero-order valence-electron chi connectivity index (χ0n) is 9.73. The molecule has 90 valence electrons. The van der Waals surface area contributed by atoms with Gasteiger partial charge in [-0.25, -0.2) is 0 Å². The Bertz CT molecular complexity index is 175. The maximum Gasteiger partial charge on any atom is 0.317 e. The second-order valence-electron chi connectivity index (χ2n) is 3.37. The van der Waals surface area contributed by atoms with Gasteiger partial charge in [-0.1, -0.05) is 6.92 Å². The Labute approximate surface area is 91.0 Å². The summed E-state index contributed by atoms with van der Waals surface area (Å²) in [7, 11) is 3.23. The topological polar surface area (TPSA) is 59.0 Å². The Morgan fingerprint density at radius 3 is 2.47 bits per heavy atom. The number of carboxylic acids is 1. The van der Waals surface area contributed by atoms with Gasteiger partial charge in [0.2, 0.25) is 0 Å². The highest BCUT2D eigenvalue weighted by atomic mass is 16.5. The Morgan fingerprint density at radius 1 is 1.40 bits per heavy atom. The minimum absolute atomic E-state index is 0.0330. The lowest BCUT2D eigenvalue weighted by Gasteiger charge is -2.28. The van der Waals surface area contributed by atoms with Crippen molar-refractivity contribution >= 4 is 5.97 Å². The van der Waals surface area contributed by atoms with E-state index in [1.807, 2.05) is 11.8 Å². The van der Waals surface area contributed by atoms with Crippen LogP contribution in [0.25, 0.3) is 0 Å². The van der Waals surface area contributed by atoms with E-state index in [1.165, 1.54) is 0 Å². The van der Waals surface area contributed by atoms with E-state index in [1.54, 1.807) is 14.2 Å². The van der Waals surface area contributed by atoms with E-state index in [4.69, 9.17) is 14.6 Å². The van der Waals surface area contributed by atoms with Gasteiger partial charge in [-0.05, 0) is 6.42 Å². The van der Waals surface area contributed by atoms with E-state index in [2.05, 4.69) is 0 Å². The Hall–Kier alpha value is -0.650. The SMILES string of the molecule is CCC(COC)N(CCOC)CC(=O)O. The molecular formula is C10H21NO4. The molecule has 5 nitrogen and oxygen atoms in total. The average Bonchev–Trinajstić information content (AvgIpc) is 2.20. The van der Waals surface area contributed by atoms with Crippen LogP contribution in [0.5, 0.6) is 0 Å². The van der Waals surface area contributed by atoms with Crippen molar-refractivity contribution in [2.45, 2.75) is 19.4 Å². The molecule has 0 heterocycles. The number of aliphatic carboxylic acids is 1. The zero-order valence-corrected chi connectivity index (χ0v) is 9.73. The van der Waals surface area contributed by atoms with Crippen LogP contribution in [0.3, 0.4) is 0 Å². The van der Waals surface area contributed by atoms with Crippen LogP contribution in [0, 0.1) is 0 Å². The average molecular weight is 219 g/mol. The van der Waals surface area contributed by atoms with Gasteiger partial charge in [-0.15, -0.1) is 0 Å². The maximum atomic E-state index is 10.7. The summed E-state index contributed by atoms with van der Waals surface area (Å²) in [6, 6.07) is 0.140. The predicted octanol–water partition coefficient (Wildman–Crippen LogP) is 0.444. The van der Waals surface area contributed by atoms with Crippen LogP contribution < -0.4 is 0 Å². The van der Waals surface area contributed by atoms with E-state index in [0.29, 0.717) is 19.8 Å². The summed E-state index contributed by atoms with van der Waals surface area (Å²) in [6.07, 6.45) is 0.866. The first kappa shape index (κ1) is 14.3. The highest BCUT2D eigenvalue weighted by molar-refractivity contribution is 5.69. The lowest BCUT2D eigenvalue weighted by molar-refractivity contribution is -0.139. The number of carboxylic acid groups (broad SMARTS) is 1. The molecule has 0 aliphatic rings. The van der Waals surface area contributed by atoms with Crippen molar-refractivity contribution < 1.29 is 19.4 Å². The summed E-state index contributed by atoms with van der Waals surface area (Å²) in [5, 5.41) is 8.77. The van der Waals surface area contributed by atoms with Crippen molar-refractivity contribution in [2.24, 2.45) is 0 Å². The van der Waals surface area contributed by atoms with E-state index in [0.717, 1.165) is 6.42 Å². The van der Waals surface area contributed by atoms with Gasteiger partial charge in [0.1, 0.15) is 0 Å². The van der Waals surface area contributed by atoms with Gasteiger partial charge in [0.05, 0.1) is 19.8 Å². The number of methoxy groups -OCH3 is 2. The summed E-state index contributed by atoms with van der Waals surface area (Å²) < 4.78 is 10.0. The van der Waals surface area contributed by atoms with Gasteiger partial charge >= 0.3 is 5.97 Å².